The molecule has 106 valence electrons. The summed E-state index contributed by atoms with van der Waals surface area (Å²) in [6.07, 6.45) is 0. The molecule has 0 heterocycles. The van der Waals surface area contributed by atoms with Crippen LogP contribution in [0.25, 0.3) is 0 Å². The minimum Gasteiger partial charge on any atom is -0.375 e. The first-order valence-electron chi connectivity index (χ1n) is 6.44. The van der Waals surface area contributed by atoms with E-state index in [0.717, 1.165) is 0 Å². The van der Waals surface area contributed by atoms with Gasteiger partial charge in [0, 0.05) is 12.1 Å². The van der Waals surface area contributed by atoms with Crippen LogP contribution in [-0.2, 0) is 11.3 Å². The second-order valence-electron chi connectivity index (χ2n) is 4.38. The zero-order chi connectivity index (χ0) is 15.1. The zero-order valence-corrected chi connectivity index (χ0v) is 11.3. The van der Waals surface area contributed by atoms with Gasteiger partial charge in [0.25, 0.3) is 0 Å². The Balaban J connectivity index is 1.86. The number of rotatable bonds is 5. The van der Waals surface area contributed by atoms with Gasteiger partial charge in [-0.3, -0.25) is 4.79 Å². The molecule has 0 aliphatic heterocycles. The van der Waals surface area contributed by atoms with Crippen LogP contribution in [0.2, 0.25) is 0 Å². The Labute approximate surface area is 122 Å². The summed E-state index contributed by atoms with van der Waals surface area (Å²) in [6.45, 7) is 0.153. The molecule has 5 heteroatoms. The minimum absolute atomic E-state index is 0.0210. The molecular weight excluding hydrogens is 269 g/mol. The van der Waals surface area contributed by atoms with Gasteiger partial charge in [-0.2, -0.15) is 5.26 Å². The van der Waals surface area contributed by atoms with Crippen molar-refractivity contribution in [2.24, 2.45) is 0 Å². The van der Waals surface area contributed by atoms with E-state index in [4.69, 9.17) is 5.26 Å². The molecule has 0 unspecified atom stereocenters. The maximum atomic E-state index is 13.4. The number of halogens is 1. The van der Waals surface area contributed by atoms with Crippen molar-refractivity contribution >= 4 is 11.6 Å². The average molecular weight is 283 g/mol. The number of carbonyl (C=O) groups excluding carboxylic acids is 1. The van der Waals surface area contributed by atoms with E-state index in [1.807, 2.05) is 6.07 Å². The number of carbonyl (C=O) groups is 1. The van der Waals surface area contributed by atoms with Crippen molar-refractivity contribution in [1.82, 2.24) is 5.32 Å². The molecule has 0 saturated heterocycles. The summed E-state index contributed by atoms with van der Waals surface area (Å²) < 4.78 is 13.4. The topological polar surface area (TPSA) is 64.9 Å². The summed E-state index contributed by atoms with van der Waals surface area (Å²) >= 11 is 0. The molecular formula is C16H14FN3O. The van der Waals surface area contributed by atoms with E-state index < -0.39 is 0 Å². The molecule has 2 rings (SSSR count). The van der Waals surface area contributed by atoms with Gasteiger partial charge >= 0.3 is 0 Å². The summed E-state index contributed by atoms with van der Waals surface area (Å²) in [6, 6.07) is 15.2. The molecule has 0 fully saturated rings. The van der Waals surface area contributed by atoms with Crippen LogP contribution < -0.4 is 10.6 Å². The highest BCUT2D eigenvalue weighted by molar-refractivity contribution is 5.81. The van der Waals surface area contributed by atoms with Crippen molar-refractivity contribution in [3.05, 3.63) is 65.5 Å². The number of para-hydroxylation sites is 1. The molecule has 21 heavy (non-hydrogen) atoms. The van der Waals surface area contributed by atoms with Crippen LogP contribution in [0.15, 0.2) is 48.5 Å². The smallest absolute Gasteiger partial charge is 0.239 e. The van der Waals surface area contributed by atoms with Crippen molar-refractivity contribution in [2.45, 2.75) is 6.54 Å². The van der Waals surface area contributed by atoms with Gasteiger partial charge in [-0.15, -0.1) is 0 Å². The van der Waals surface area contributed by atoms with E-state index in [1.165, 1.54) is 6.07 Å². The van der Waals surface area contributed by atoms with Crippen LogP contribution in [0.4, 0.5) is 10.1 Å². The molecule has 1 amide bonds. The van der Waals surface area contributed by atoms with Crippen LogP contribution in [-0.4, -0.2) is 12.5 Å². The third-order valence-electron chi connectivity index (χ3n) is 2.92. The van der Waals surface area contributed by atoms with Gasteiger partial charge in [-0.25, -0.2) is 4.39 Å². The van der Waals surface area contributed by atoms with Crippen molar-refractivity contribution in [1.29, 1.82) is 5.26 Å². The first-order valence-corrected chi connectivity index (χ1v) is 6.44. The van der Waals surface area contributed by atoms with Crippen molar-refractivity contribution in [3.8, 4) is 6.07 Å². The van der Waals surface area contributed by atoms with Crippen LogP contribution in [0.5, 0.6) is 0 Å². The molecule has 0 spiro atoms. The fraction of sp³-hybridized carbons (Fsp3) is 0.125. The number of benzene rings is 2. The predicted molar refractivity (Wildman–Crippen MR) is 77.9 cm³/mol. The fourth-order valence-corrected chi connectivity index (χ4v) is 1.81. The predicted octanol–water partition coefficient (Wildman–Crippen LogP) is 2.43. The number of anilines is 1. The summed E-state index contributed by atoms with van der Waals surface area (Å²) in [5.41, 5.74) is 1.50. The Hall–Kier alpha value is -2.87. The lowest BCUT2D eigenvalue weighted by Crippen LogP contribution is -2.29. The molecule has 2 aromatic rings. The van der Waals surface area contributed by atoms with Gasteiger partial charge in [-0.05, 0) is 18.2 Å². The van der Waals surface area contributed by atoms with Gasteiger partial charge in [0.15, 0.2) is 0 Å². The van der Waals surface area contributed by atoms with Gasteiger partial charge in [-0.1, -0.05) is 30.3 Å². The molecule has 2 aromatic carbocycles. The van der Waals surface area contributed by atoms with E-state index in [0.29, 0.717) is 16.8 Å². The fourth-order valence-electron chi connectivity index (χ4n) is 1.81. The van der Waals surface area contributed by atoms with Crippen molar-refractivity contribution in [3.63, 3.8) is 0 Å². The monoisotopic (exact) mass is 283 g/mol. The quantitative estimate of drug-likeness (QED) is 0.885. The normalized spacial score (nSPS) is 9.71. The first kappa shape index (κ1) is 14.5. The number of hydrogen-bond acceptors (Lipinski definition) is 3. The largest absolute Gasteiger partial charge is 0.375 e. The first-order chi connectivity index (χ1) is 10.2. The molecule has 0 bridgehead atoms. The van der Waals surface area contributed by atoms with Crippen LogP contribution in [0.3, 0.4) is 0 Å². The average Bonchev–Trinajstić information content (AvgIpc) is 2.52. The summed E-state index contributed by atoms with van der Waals surface area (Å²) in [5.74, 6) is -0.619. The molecule has 0 aliphatic carbocycles. The van der Waals surface area contributed by atoms with Gasteiger partial charge in [0.1, 0.15) is 11.9 Å². The lowest BCUT2D eigenvalue weighted by atomic mass is 10.2. The lowest BCUT2D eigenvalue weighted by molar-refractivity contribution is -0.119. The molecule has 4 nitrogen and oxygen atoms in total. The molecule has 2 N–H and O–H groups in total. The molecule has 0 radical (unpaired) electrons. The van der Waals surface area contributed by atoms with E-state index >= 15 is 0 Å². The maximum Gasteiger partial charge on any atom is 0.239 e. The SMILES string of the molecule is N#Cc1ccccc1NCC(=O)NCc1ccccc1F. The van der Waals surface area contributed by atoms with E-state index in [9.17, 15) is 9.18 Å². The Morgan fingerprint density at radius 3 is 2.62 bits per heavy atom. The lowest BCUT2D eigenvalue weighted by Gasteiger charge is -2.09. The van der Waals surface area contributed by atoms with Crippen LogP contribution in [0.1, 0.15) is 11.1 Å². The highest BCUT2D eigenvalue weighted by Crippen LogP contribution is 2.12. The number of nitriles is 1. The van der Waals surface area contributed by atoms with E-state index in [1.54, 1.807) is 42.5 Å². The van der Waals surface area contributed by atoms with Crippen LogP contribution in [0, 0.1) is 17.1 Å². The molecule has 0 atom stereocenters. The van der Waals surface area contributed by atoms with E-state index in [-0.39, 0.29) is 24.8 Å². The Kier molecular flexibility index (Phi) is 4.89. The molecule has 0 aliphatic rings. The minimum atomic E-state index is -0.347. The van der Waals surface area contributed by atoms with Gasteiger partial charge in [0.2, 0.25) is 5.91 Å². The van der Waals surface area contributed by atoms with Gasteiger partial charge in [0.05, 0.1) is 17.8 Å². The van der Waals surface area contributed by atoms with Crippen molar-refractivity contribution in [2.75, 3.05) is 11.9 Å². The maximum absolute atomic E-state index is 13.4. The standard InChI is InChI=1S/C16H14FN3O/c17-14-7-3-1-6-13(14)10-20-16(21)11-19-15-8-4-2-5-12(15)9-18/h1-8,19H,10-11H2,(H,20,21). The third kappa shape index (κ3) is 4.05. The molecule has 0 aromatic heterocycles. The van der Waals surface area contributed by atoms with Gasteiger partial charge < -0.3 is 10.6 Å². The summed E-state index contributed by atoms with van der Waals surface area (Å²) in [7, 11) is 0. The zero-order valence-electron chi connectivity index (χ0n) is 11.3. The summed E-state index contributed by atoms with van der Waals surface area (Å²) in [5, 5.41) is 14.4. The van der Waals surface area contributed by atoms with Crippen LogP contribution >= 0.6 is 0 Å². The van der Waals surface area contributed by atoms with E-state index in [2.05, 4.69) is 10.6 Å². The summed E-state index contributed by atoms with van der Waals surface area (Å²) in [4.78, 5) is 11.7. The molecule has 0 saturated carbocycles. The second-order valence-corrected chi connectivity index (χ2v) is 4.38. The highest BCUT2D eigenvalue weighted by Gasteiger charge is 2.06. The highest BCUT2D eigenvalue weighted by atomic mass is 19.1. The number of hydrogen-bond donors (Lipinski definition) is 2. The number of amides is 1. The number of nitrogens with one attached hydrogen (secondary N) is 2. The Morgan fingerprint density at radius 2 is 1.86 bits per heavy atom. The Bertz CT molecular complexity index is 679. The number of nitrogens with zero attached hydrogens (tertiary/aromatic N) is 1. The third-order valence-corrected chi connectivity index (χ3v) is 2.92. The Morgan fingerprint density at radius 1 is 1.14 bits per heavy atom. The van der Waals surface area contributed by atoms with Crippen molar-refractivity contribution < 1.29 is 9.18 Å². The second kappa shape index (κ2) is 7.06.